The molecule has 0 aliphatic rings. The smallest absolute Gasteiger partial charge is 0.311 e. The Labute approximate surface area is 123 Å². The molecule has 0 radical (unpaired) electrons. The number of nitrogens with two attached hydrogens (primary N) is 1. The molecule has 0 bridgehead atoms. The molecule has 2 rings (SSSR count). The number of aromatic nitrogens is 1. The van der Waals surface area contributed by atoms with E-state index in [1.807, 2.05) is 0 Å². The van der Waals surface area contributed by atoms with Crippen LogP contribution >= 0.6 is 23.2 Å². The van der Waals surface area contributed by atoms with Crippen molar-refractivity contribution in [3.63, 3.8) is 0 Å². The first-order valence-corrected chi connectivity index (χ1v) is 6.11. The molecule has 0 aliphatic carbocycles. The molecule has 0 amide bonds. The number of hydrazine groups is 1. The Morgan fingerprint density at radius 1 is 1.25 bits per heavy atom. The molecule has 20 heavy (non-hydrogen) atoms. The fraction of sp³-hybridized carbons (Fsp3) is 0. The maximum Gasteiger partial charge on any atom is 0.311 e. The van der Waals surface area contributed by atoms with Crippen LogP contribution in [0.25, 0.3) is 0 Å². The summed E-state index contributed by atoms with van der Waals surface area (Å²) in [5.41, 5.74) is 2.51. The lowest BCUT2D eigenvalue weighted by molar-refractivity contribution is -0.384. The maximum absolute atomic E-state index is 11.0. The standard InChI is InChI=1S/C11H9Cl2N5O2/c12-6-1-2-7(13)8(5-6)15-11-9(18(19)20)3-4-10(16-11)17-14/h1-5H,14H2,(H2,15,16,17). The van der Waals surface area contributed by atoms with Crippen molar-refractivity contribution in [3.8, 4) is 0 Å². The lowest BCUT2D eigenvalue weighted by Gasteiger charge is -2.09. The maximum atomic E-state index is 11.0. The second kappa shape index (κ2) is 5.91. The van der Waals surface area contributed by atoms with Gasteiger partial charge in [0.1, 0.15) is 5.82 Å². The second-order valence-corrected chi connectivity index (χ2v) is 4.56. The second-order valence-electron chi connectivity index (χ2n) is 3.71. The summed E-state index contributed by atoms with van der Waals surface area (Å²) in [6.45, 7) is 0. The molecule has 0 spiro atoms. The van der Waals surface area contributed by atoms with Gasteiger partial charge in [0.05, 0.1) is 15.6 Å². The summed E-state index contributed by atoms with van der Waals surface area (Å²) in [5, 5.41) is 14.5. The highest BCUT2D eigenvalue weighted by Crippen LogP contribution is 2.32. The van der Waals surface area contributed by atoms with Crippen LogP contribution in [0.4, 0.5) is 23.0 Å². The minimum atomic E-state index is -0.561. The average Bonchev–Trinajstić information content (AvgIpc) is 2.42. The van der Waals surface area contributed by atoms with Gasteiger partial charge in [0.25, 0.3) is 0 Å². The number of hydrogen-bond donors (Lipinski definition) is 3. The van der Waals surface area contributed by atoms with Crippen molar-refractivity contribution in [2.45, 2.75) is 0 Å². The predicted molar refractivity (Wildman–Crippen MR) is 78.4 cm³/mol. The molecular weight excluding hydrogens is 305 g/mol. The van der Waals surface area contributed by atoms with Gasteiger partial charge < -0.3 is 10.7 Å². The van der Waals surface area contributed by atoms with Gasteiger partial charge in [-0.2, -0.15) is 0 Å². The van der Waals surface area contributed by atoms with Crippen LogP contribution in [0.5, 0.6) is 0 Å². The molecule has 0 saturated heterocycles. The first kappa shape index (κ1) is 14.3. The van der Waals surface area contributed by atoms with Crippen molar-refractivity contribution in [1.29, 1.82) is 0 Å². The van der Waals surface area contributed by atoms with Crippen LogP contribution in [0.15, 0.2) is 30.3 Å². The summed E-state index contributed by atoms with van der Waals surface area (Å²) in [6, 6.07) is 7.39. The molecule has 0 aliphatic heterocycles. The number of nitro groups is 1. The Morgan fingerprint density at radius 2 is 2.00 bits per heavy atom. The lowest BCUT2D eigenvalue weighted by atomic mass is 10.3. The Morgan fingerprint density at radius 3 is 2.65 bits per heavy atom. The largest absolute Gasteiger partial charge is 0.333 e. The van der Waals surface area contributed by atoms with Crippen LogP contribution in [-0.4, -0.2) is 9.91 Å². The molecule has 0 atom stereocenters. The third-order valence-corrected chi connectivity index (χ3v) is 2.96. The van der Waals surface area contributed by atoms with E-state index in [0.717, 1.165) is 0 Å². The molecule has 2 aromatic rings. The molecule has 0 fully saturated rings. The van der Waals surface area contributed by atoms with Crippen molar-refractivity contribution in [1.82, 2.24) is 4.98 Å². The molecule has 0 saturated carbocycles. The van der Waals surface area contributed by atoms with Crippen LogP contribution < -0.4 is 16.6 Å². The van der Waals surface area contributed by atoms with Crippen LogP contribution in [-0.2, 0) is 0 Å². The van der Waals surface area contributed by atoms with Crippen LogP contribution in [0.1, 0.15) is 0 Å². The van der Waals surface area contributed by atoms with Crippen molar-refractivity contribution in [2.75, 3.05) is 10.7 Å². The molecular formula is C11H9Cl2N5O2. The van der Waals surface area contributed by atoms with E-state index in [2.05, 4.69) is 15.7 Å². The first-order chi connectivity index (χ1) is 9.51. The summed E-state index contributed by atoms with van der Waals surface area (Å²) in [6.07, 6.45) is 0. The van der Waals surface area contributed by atoms with Crippen molar-refractivity contribution in [3.05, 3.63) is 50.5 Å². The van der Waals surface area contributed by atoms with E-state index in [0.29, 0.717) is 15.7 Å². The van der Waals surface area contributed by atoms with E-state index in [-0.39, 0.29) is 17.3 Å². The molecule has 1 aromatic heterocycles. The monoisotopic (exact) mass is 313 g/mol. The van der Waals surface area contributed by atoms with Gasteiger partial charge in [-0.15, -0.1) is 0 Å². The Bertz CT molecular complexity index is 665. The van der Waals surface area contributed by atoms with Crippen molar-refractivity contribution < 1.29 is 4.92 Å². The van der Waals surface area contributed by atoms with E-state index in [1.54, 1.807) is 12.1 Å². The number of hydrogen-bond acceptors (Lipinski definition) is 6. The zero-order valence-electron chi connectivity index (χ0n) is 9.93. The summed E-state index contributed by atoms with van der Waals surface area (Å²) in [4.78, 5) is 14.4. The van der Waals surface area contributed by atoms with Gasteiger partial charge in [0.15, 0.2) is 0 Å². The number of nitrogens with zero attached hydrogens (tertiary/aromatic N) is 2. The number of benzene rings is 1. The molecule has 1 heterocycles. The minimum absolute atomic E-state index is 0.00890. The average molecular weight is 314 g/mol. The van der Waals surface area contributed by atoms with Crippen molar-refractivity contribution >= 4 is 46.2 Å². The Hall–Kier alpha value is -2.09. The number of rotatable bonds is 4. The number of nitrogen functional groups attached to an aromatic ring is 1. The minimum Gasteiger partial charge on any atom is -0.333 e. The van der Waals surface area contributed by atoms with E-state index in [9.17, 15) is 10.1 Å². The van der Waals surface area contributed by atoms with E-state index in [4.69, 9.17) is 29.0 Å². The van der Waals surface area contributed by atoms with Gasteiger partial charge in [-0.1, -0.05) is 23.2 Å². The number of halogens is 2. The van der Waals surface area contributed by atoms with E-state index < -0.39 is 4.92 Å². The van der Waals surface area contributed by atoms with Gasteiger partial charge in [-0.25, -0.2) is 10.8 Å². The van der Waals surface area contributed by atoms with E-state index >= 15 is 0 Å². The third kappa shape index (κ3) is 3.08. The number of pyridine rings is 1. The zero-order chi connectivity index (χ0) is 14.7. The Balaban J connectivity index is 2.45. The summed E-state index contributed by atoms with van der Waals surface area (Å²) >= 11 is 11.9. The molecule has 0 unspecified atom stereocenters. The summed E-state index contributed by atoms with van der Waals surface area (Å²) in [7, 11) is 0. The van der Waals surface area contributed by atoms with Gasteiger partial charge in [0.2, 0.25) is 5.82 Å². The Kier molecular flexibility index (Phi) is 4.23. The number of nitrogens with one attached hydrogen (secondary N) is 2. The summed E-state index contributed by atoms with van der Waals surface area (Å²) in [5.74, 6) is 5.52. The van der Waals surface area contributed by atoms with Crippen LogP contribution in [0.3, 0.4) is 0 Å². The number of anilines is 3. The highest BCUT2D eigenvalue weighted by Gasteiger charge is 2.17. The quantitative estimate of drug-likeness (QED) is 0.454. The molecule has 1 aromatic carbocycles. The zero-order valence-corrected chi connectivity index (χ0v) is 11.4. The van der Waals surface area contributed by atoms with Crippen LogP contribution in [0, 0.1) is 10.1 Å². The molecule has 7 nitrogen and oxygen atoms in total. The lowest BCUT2D eigenvalue weighted by Crippen LogP contribution is -2.10. The van der Waals surface area contributed by atoms with Crippen LogP contribution in [0.2, 0.25) is 10.0 Å². The van der Waals surface area contributed by atoms with Gasteiger partial charge in [-0.3, -0.25) is 10.1 Å². The normalized spacial score (nSPS) is 10.2. The fourth-order valence-corrected chi connectivity index (χ4v) is 1.83. The molecule has 4 N–H and O–H groups in total. The van der Waals surface area contributed by atoms with Gasteiger partial charge >= 0.3 is 5.69 Å². The fourth-order valence-electron chi connectivity index (χ4n) is 1.49. The highest BCUT2D eigenvalue weighted by atomic mass is 35.5. The predicted octanol–water partition coefficient (Wildman–Crippen LogP) is 3.33. The first-order valence-electron chi connectivity index (χ1n) is 5.35. The van der Waals surface area contributed by atoms with Crippen molar-refractivity contribution in [2.24, 2.45) is 5.84 Å². The summed E-state index contributed by atoms with van der Waals surface area (Å²) < 4.78 is 0. The van der Waals surface area contributed by atoms with E-state index in [1.165, 1.54) is 18.2 Å². The van der Waals surface area contributed by atoms with Gasteiger partial charge in [0, 0.05) is 11.1 Å². The SMILES string of the molecule is NNc1ccc([N+](=O)[O-])c(Nc2cc(Cl)ccc2Cl)n1. The third-order valence-electron chi connectivity index (χ3n) is 2.40. The topological polar surface area (TPSA) is 106 Å². The van der Waals surface area contributed by atoms with Gasteiger partial charge in [-0.05, 0) is 24.3 Å². The molecule has 9 heteroatoms. The molecule has 104 valence electrons. The highest BCUT2D eigenvalue weighted by molar-refractivity contribution is 6.35.